The van der Waals surface area contributed by atoms with Gasteiger partial charge in [-0.15, -0.1) is 0 Å². The van der Waals surface area contributed by atoms with E-state index in [-0.39, 0.29) is 13.0 Å². The average molecular weight is 366 g/mol. The van der Waals surface area contributed by atoms with Crippen molar-refractivity contribution in [3.8, 4) is 5.75 Å². The molecule has 1 aromatic rings. The molecule has 0 radical (unpaired) electrons. The van der Waals surface area contributed by atoms with Crippen LogP contribution in [-0.2, 0) is 20.7 Å². The Hall–Kier alpha value is -1.59. The van der Waals surface area contributed by atoms with Crippen LogP contribution < -0.4 is 4.74 Å². The molecule has 0 saturated carbocycles. The van der Waals surface area contributed by atoms with Gasteiger partial charge in [-0.05, 0) is 30.5 Å². The highest BCUT2D eigenvalue weighted by atomic mass is 16.5. The van der Waals surface area contributed by atoms with Gasteiger partial charge in [0.1, 0.15) is 12.4 Å². The van der Waals surface area contributed by atoms with Gasteiger partial charge in [0.05, 0.1) is 32.8 Å². The minimum absolute atomic E-state index is 0.0258. The lowest BCUT2D eigenvalue weighted by Crippen LogP contribution is -2.12. The van der Waals surface area contributed by atoms with Crippen molar-refractivity contribution in [2.75, 3.05) is 33.0 Å². The van der Waals surface area contributed by atoms with Gasteiger partial charge in [0.15, 0.2) is 0 Å². The third-order valence-corrected chi connectivity index (χ3v) is 4.07. The number of hydrogen-bond donors (Lipinski definition) is 1. The van der Waals surface area contributed by atoms with Crippen molar-refractivity contribution in [3.63, 3.8) is 0 Å². The molecule has 0 unspecified atom stereocenters. The molecule has 0 bridgehead atoms. The van der Waals surface area contributed by atoms with E-state index in [9.17, 15) is 4.79 Å². The van der Waals surface area contributed by atoms with Crippen LogP contribution >= 0.6 is 0 Å². The Bertz CT molecular complexity index is 458. The van der Waals surface area contributed by atoms with Crippen molar-refractivity contribution in [2.45, 2.75) is 58.3 Å². The molecule has 0 aromatic heterocycles. The second kappa shape index (κ2) is 15.6. The molecule has 1 aromatic carbocycles. The van der Waals surface area contributed by atoms with Crippen LogP contribution in [0.15, 0.2) is 24.3 Å². The van der Waals surface area contributed by atoms with Gasteiger partial charge in [-0.1, -0.05) is 51.2 Å². The number of aryl methyl sites for hydroxylation is 1. The summed E-state index contributed by atoms with van der Waals surface area (Å²) in [5.74, 6) is 0.00955. The first-order valence-electron chi connectivity index (χ1n) is 9.81. The predicted molar refractivity (Wildman–Crippen MR) is 103 cm³/mol. The number of carbonyl (C=O) groups is 1. The number of ether oxygens (including phenoxy) is 3. The second-order valence-electron chi connectivity index (χ2n) is 6.38. The molecule has 0 atom stereocenters. The molecule has 0 fully saturated rings. The van der Waals surface area contributed by atoms with Crippen LogP contribution in [0.3, 0.4) is 0 Å². The van der Waals surface area contributed by atoms with E-state index < -0.39 is 5.97 Å². The van der Waals surface area contributed by atoms with Gasteiger partial charge in [0, 0.05) is 0 Å². The van der Waals surface area contributed by atoms with Crippen molar-refractivity contribution < 1.29 is 24.1 Å². The van der Waals surface area contributed by atoms with Crippen molar-refractivity contribution >= 4 is 5.97 Å². The van der Waals surface area contributed by atoms with Gasteiger partial charge in [-0.3, -0.25) is 4.79 Å². The van der Waals surface area contributed by atoms with Crippen molar-refractivity contribution in [1.29, 1.82) is 0 Å². The fourth-order valence-corrected chi connectivity index (χ4v) is 2.56. The van der Waals surface area contributed by atoms with Gasteiger partial charge in [-0.2, -0.15) is 0 Å². The van der Waals surface area contributed by atoms with E-state index in [1.165, 1.54) is 44.1 Å². The Balaban J connectivity index is 1.98. The first-order valence-corrected chi connectivity index (χ1v) is 9.81. The van der Waals surface area contributed by atoms with E-state index in [4.69, 9.17) is 19.3 Å². The van der Waals surface area contributed by atoms with Crippen LogP contribution in [0.4, 0.5) is 0 Å². The summed E-state index contributed by atoms with van der Waals surface area (Å²) in [6, 6.07) is 8.31. The SMILES string of the molecule is CCCCCCCCc1ccc(OCCOCCOCCC(=O)O)cc1. The molecule has 0 aliphatic rings. The van der Waals surface area contributed by atoms with Crippen LogP contribution in [0.2, 0.25) is 0 Å². The number of carboxylic acids is 1. The van der Waals surface area contributed by atoms with E-state index in [0.717, 1.165) is 12.2 Å². The lowest BCUT2D eigenvalue weighted by Gasteiger charge is -2.08. The third-order valence-electron chi connectivity index (χ3n) is 4.07. The maximum atomic E-state index is 10.3. The van der Waals surface area contributed by atoms with Crippen LogP contribution in [-0.4, -0.2) is 44.1 Å². The molecule has 0 heterocycles. The molecule has 0 aliphatic carbocycles. The number of aliphatic carboxylic acids is 1. The Labute approximate surface area is 157 Å². The zero-order valence-corrected chi connectivity index (χ0v) is 16.1. The molecule has 1 N–H and O–H groups in total. The summed E-state index contributed by atoms with van der Waals surface area (Å²) in [6.45, 7) is 4.30. The molecule has 1 rings (SSSR count). The average Bonchev–Trinajstić information content (AvgIpc) is 2.64. The minimum Gasteiger partial charge on any atom is -0.491 e. The topological polar surface area (TPSA) is 65.0 Å². The Morgan fingerprint density at radius 2 is 1.46 bits per heavy atom. The van der Waals surface area contributed by atoms with E-state index in [0.29, 0.717) is 26.4 Å². The summed E-state index contributed by atoms with van der Waals surface area (Å²) in [6.07, 6.45) is 9.09. The molecule has 26 heavy (non-hydrogen) atoms. The van der Waals surface area contributed by atoms with E-state index in [1.807, 2.05) is 12.1 Å². The van der Waals surface area contributed by atoms with Crippen LogP contribution in [0, 0.1) is 0 Å². The summed E-state index contributed by atoms with van der Waals surface area (Å²) in [4.78, 5) is 10.3. The fourth-order valence-electron chi connectivity index (χ4n) is 2.56. The molecule has 148 valence electrons. The zero-order valence-electron chi connectivity index (χ0n) is 16.1. The first-order chi connectivity index (χ1) is 12.7. The Morgan fingerprint density at radius 1 is 0.846 bits per heavy atom. The number of rotatable bonds is 17. The quantitative estimate of drug-likeness (QED) is 0.412. The van der Waals surface area contributed by atoms with Crippen LogP contribution in [0.5, 0.6) is 5.75 Å². The lowest BCUT2D eigenvalue weighted by atomic mass is 10.0. The summed E-state index contributed by atoms with van der Waals surface area (Å²) < 4.78 is 16.2. The highest BCUT2D eigenvalue weighted by Crippen LogP contribution is 2.15. The van der Waals surface area contributed by atoms with E-state index >= 15 is 0 Å². The Kier molecular flexibility index (Phi) is 13.5. The first kappa shape index (κ1) is 22.5. The van der Waals surface area contributed by atoms with E-state index in [1.54, 1.807) is 0 Å². The predicted octanol–water partition coefficient (Wildman–Crippen LogP) is 4.48. The fraction of sp³-hybridized carbons (Fsp3) is 0.667. The second-order valence-corrected chi connectivity index (χ2v) is 6.38. The maximum absolute atomic E-state index is 10.3. The van der Waals surface area contributed by atoms with Gasteiger partial charge >= 0.3 is 5.97 Å². The normalized spacial score (nSPS) is 10.8. The summed E-state index contributed by atoms with van der Waals surface area (Å²) >= 11 is 0. The third kappa shape index (κ3) is 12.7. The molecule has 0 spiro atoms. The molecule has 5 nitrogen and oxygen atoms in total. The zero-order chi connectivity index (χ0) is 18.9. The lowest BCUT2D eigenvalue weighted by molar-refractivity contribution is -0.138. The van der Waals surface area contributed by atoms with Gasteiger partial charge in [-0.25, -0.2) is 0 Å². The van der Waals surface area contributed by atoms with Gasteiger partial charge in [0.25, 0.3) is 0 Å². The standard InChI is InChI=1S/C21H34O5/c1-2-3-4-5-6-7-8-19-9-11-20(12-10-19)26-18-17-25-16-15-24-14-13-21(22)23/h9-12H,2-8,13-18H2,1H3,(H,22,23). The van der Waals surface area contributed by atoms with Crippen molar-refractivity contribution in [3.05, 3.63) is 29.8 Å². The van der Waals surface area contributed by atoms with Crippen molar-refractivity contribution in [1.82, 2.24) is 0 Å². The Morgan fingerprint density at radius 3 is 2.15 bits per heavy atom. The van der Waals surface area contributed by atoms with Gasteiger partial charge < -0.3 is 19.3 Å². The smallest absolute Gasteiger partial charge is 0.305 e. The monoisotopic (exact) mass is 366 g/mol. The molecule has 0 amide bonds. The molecular weight excluding hydrogens is 332 g/mol. The number of carboxylic acid groups (broad SMARTS) is 1. The molecule has 0 saturated heterocycles. The summed E-state index contributed by atoms with van der Waals surface area (Å²) in [5.41, 5.74) is 1.36. The van der Waals surface area contributed by atoms with Crippen LogP contribution in [0.1, 0.15) is 57.4 Å². The highest BCUT2D eigenvalue weighted by Gasteiger charge is 1.98. The minimum atomic E-state index is -0.850. The maximum Gasteiger partial charge on any atom is 0.305 e. The highest BCUT2D eigenvalue weighted by molar-refractivity contribution is 5.66. The van der Waals surface area contributed by atoms with E-state index in [2.05, 4.69) is 19.1 Å². The molecule has 0 aliphatic heterocycles. The number of benzene rings is 1. The summed E-state index contributed by atoms with van der Waals surface area (Å²) in [7, 11) is 0. The van der Waals surface area contributed by atoms with Gasteiger partial charge in [0.2, 0.25) is 0 Å². The van der Waals surface area contributed by atoms with Crippen LogP contribution in [0.25, 0.3) is 0 Å². The van der Waals surface area contributed by atoms with Crippen molar-refractivity contribution in [2.24, 2.45) is 0 Å². The number of hydrogen-bond acceptors (Lipinski definition) is 4. The molecule has 5 heteroatoms. The largest absolute Gasteiger partial charge is 0.491 e. The number of unbranched alkanes of at least 4 members (excludes halogenated alkanes) is 5. The summed E-state index contributed by atoms with van der Waals surface area (Å²) in [5, 5.41) is 8.47. The molecular formula is C21H34O5.